The molecule has 0 saturated carbocycles. The highest BCUT2D eigenvalue weighted by atomic mass is 16.5. The molecule has 0 unspecified atom stereocenters. The summed E-state index contributed by atoms with van der Waals surface area (Å²) in [7, 11) is 0. The van der Waals surface area contributed by atoms with Crippen LogP contribution in [0.3, 0.4) is 0 Å². The average Bonchev–Trinajstić information content (AvgIpc) is 2.89. The maximum Gasteiger partial charge on any atom is 0.231 e. The van der Waals surface area contributed by atoms with E-state index >= 15 is 0 Å². The Morgan fingerprint density at radius 3 is 2.48 bits per heavy atom. The molecule has 0 atom stereocenters. The zero-order valence-corrected chi connectivity index (χ0v) is 15.1. The van der Waals surface area contributed by atoms with Crippen LogP contribution >= 0.6 is 0 Å². The molecule has 2 aromatic rings. The van der Waals surface area contributed by atoms with Crippen molar-refractivity contribution in [1.82, 2.24) is 0 Å². The zero-order chi connectivity index (χ0) is 17.8. The number of Topliss-reactive ketones (excluding diaryl/α,β-unsaturated/α-hetero) is 1. The van der Waals surface area contributed by atoms with Crippen LogP contribution in [0.4, 0.5) is 0 Å². The monoisotopic (exact) mass is 336 g/mol. The minimum Gasteiger partial charge on any atom is -0.494 e. The molecule has 1 aliphatic heterocycles. The van der Waals surface area contributed by atoms with Gasteiger partial charge in [0.05, 0.1) is 12.2 Å². The normalized spacial score (nSPS) is 14.5. The lowest BCUT2D eigenvalue weighted by atomic mass is 10.0. The number of rotatable bonds is 6. The first-order chi connectivity index (χ1) is 12.1. The fourth-order valence-electron chi connectivity index (χ4n) is 2.80. The van der Waals surface area contributed by atoms with Crippen molar-refractivity contribution in [3.63, 3.8) is 0 Å². The number of benzene rings is 2. The maximum absolute atomic E-state index is 12.5. The Morgan fingerprint density at radius 2 is 1.76 bits per heavy atom. The smallest absolute Gasteiger partial charge is 0.231 e. The van der Waals surface area contributed by atoms with Crippen LogP contribution in [-0.2, 0) is 0 Å². The lowest BCUT2D eigenvalue weighted by Gasteiger charge is -2.06. The van der Waals surface area contributed by atoms with Crippen LogP contribution in [0.5, 0.6) is 11.5 Å². The van der Waals surface area contributed by atoms with E-state index in [4.69, 9.17) is 9.47 Å². The van der Waals surface area contributed by atoms with Crippen molar-refractivity contribution < 1.29 is 14.3 Å². The van der Waals surface area contributed by atoms with E-state index in [1.54, 1.807) is 6.08 Å². The van der Waals surface area contributed by atoms with Crippen LogP contribution in [0.2, 0.25) is 0 Å². The second-order valence-corrected chi connectivity index (χ2v) is 6.50. The first-order valence-electron chi connectivity index (χ1n) is 8.87. The third-order valence-corrected chi connectivity index (χ3v) is 4.48. The van der Waals surface area contributed by atoms with Crippen molar-refractivity contribution in [3.8, 4) is 11.5 Å². The van der Waals surface area contributed by atoms with E-state index in [0.717, 1.165) is 35.5 Å². The van der Waals surface area contributed by atoms with E-state index in [1.165, 1.54) is 12.8 Å². The summed E-state index contributed by atoms with van der Waals surface area (Å²) in [5, 5.41) is 0. The molecule has 3 rings (SSSR count). The van der Waals surface area contributed by atoms with Gasteiger partial charge in [0, 0.05) is 0 Å². The molecule has 1 aliphatic rings. The number of carbonyl (C=O) groups is 1. The Bertz CT molecular complexity index is 801. The molecule has 0 aliphatic carbocycles. The molecule has 0 aromatic heterocycles. The third-order valence-electron chi connectivity index (χ3n) is 4.48. The summed E-state index contributed by atoms with van der Waals surface area (Å²) in [6.07, 6.45) is 5.23. The predicted molar refractivity (Wildman–Crippen MR) is 100 cm³/mol. The summed E-state index contributed by atoms with van der Waals surface area (Å²) < 4.78 is 11.5. The first kappa shape index (κ1) is 17.3. The van der Waals surface area contributed by atoms with E-state index in [1.807, 2.05) is 50.2 Å². The molecule has 3 heteroatoms. The van der Waals surface area contributed by atoms with E-state index in [0.29, 0.717) is 17.1 Å². The number of ketones is 1. The minimum atomic E-state index is -0.0574. The molecule has 0 amide bonds. The van der Waals surface area contributed by atoms with Gasteiger partial charge in [-0.05, 0) is 67.3 Å². The number of ether oxygens (including phenoxy) is 2. The van der Waals surface area contributed by atoms with Crippen LogP contribution < -0.4 is 9.47 Å². The summed E-state index contributed by atoms with van der Waals surface area (Å²) in [5.41, 5.74) is 3.79. The molecular formula is C22H24O3. The van der Waals surface area contributed by atoms with Crippen LogP contribution in [-0.4, -0.2) is 12.4 Å². The minimum absolute atomic E-state index is 0.0574. The Labute approximate surface area is 149 Å². The van der Waals surface area contributed by atoms with Gasteiger partial charge in [-0.25, -0.2) is 0 Å². The lowest BCUT2D eigenvalue weighted by Crippen LogP contribution is -1.99. The van der Waals surface area contributed by atoms with Gasteiger partial charge in [0.1, 0.15) is 11.5 Å². The zero-order valence-electron chi connectivity index (χ0n) is 15.1. The summed E-state index contributed by atoms with van der Waals surface area (Å²) >= 11 is 0. The molecular weight excluding hydrogens is 312 g/mol. The van der Waals surface area contributed by atoms with Crippen molar-refractivity contribution in [2.45, 2.75) is 40.0 Å². The molecule has 2 aromatic carbocycles. The summed E-state index contributed by atoms with van der Waals surface area (Å²) in [5.74, 6) is 1.82. The second kappa shape index (κ2) is 7.56. The van der Waals surface area contributed by atoms with Gasteiger partial charge < -0.3 is 9.47 Å². The van der Waals surface area contributed by atoms with Crippen LogP contribution in [0.25, 0.3) is 6.08 Å². The standard InChI is InChI=1S/C22H24O3/c1-4-5-6-11-24-18-9-7-17(8-10-18)14-21-22(23)19-12-15(2)16(3)13-20(19)25-21/h7-10,12-14H,4-6,11H2,1-3H3/b21-14-. The fourth-order valence-corrected chi connectivity index (χ4v) is 2.80. The van der Waals surface area contributed by atoms with Crippen LogP contribution in [0.15, 0.2) is 42.2 Å². The van der Waals surface area contributed by atoms with Gasteiger partial charge in [0.2, 0.25) is 5.78 Å². The van der Waals surface area contributed by atoms with Crippen molar-refractivity contribution in [2.75, 3.05) is 6.61 Å². The van der Waals surface area contributed by atoms with E-state index in [-0.39, 0.29) is 5.78 Å². The van der Waals surface area contributed by atoms with Crippen molar-refractivity contribution in [2.24, 2.45) is 0 Å². The Hall–Kier alpha value is -2.55. The van der Waals surface area contributed by atoms with Crippen LogP contribution in [0.1, 0.15) is 53.2 Å². The van der Waals surface area contributed by atoms with Gasteiger partial charge in [-0.15, -0.1) is 0 Å². The van der Waals surface area contributed by atoms with Gasteiger partial charge in [-0.2, -0.15) is 0 Å². The molecule has 0 N–H and O–H groups in total. The Kier molecular flexibility index (Phi) is 5.22. The highest BCUT2D eigenvalue weighted by molar-refractivity contribution is 6.14. The topological polar surface area (TPSA) is 35.5 Å². The molecule has 0 radical (unpaired) electrons. The summed E-state index contributed by atoms with van der Waals surface area (Å²) in [6, 6.07) is 11.6. The first-order valence-corrected chi connectivity index (χ1v) is 8.87. The number of hydrogen-bond donors (Lipinski definition) is 0. The molecule has 0 fully saturated rings. The molecule has 0 bridgehead atoms. The quantitative estimate of drug-likeness (QED) is 0.517. The Balaban J connectivity index is 1.70. The van der Waals surface area contributed by atoms with Gasteiger partial charge in [-0.1, -0.05) is 31.9 Å². The van der Waals surface area contributed by atoms with Crippen LogP contribution in [0, 0.1) is 13.8 Å². The summed E-state index contributed by atoms with van der Waals surface area (Å²) in [4.78, 5) is 12.5. The second-order valence-electron chi connectivity index (χ2n) is 6.50. The average molecular weight is 336 g/mol. The van der Waals surface area contributed by atoms with E-state index in [2.05, 4.69) is 6.92 Å². The molecule has 25 heavy (non-hydrogen) atoms. The van der Waals surface area contributed by atoms with Gasteiger partial charge in [-0.3, -0.25) is 4.79 Å². The number of hydrogen-bond acceptors (Lipinski definition) is 3. The molecule has 130 valence electrons. The molecule has 0 saturated heterocycles. The molecule has 0 spiro atoms. The van der Waals surface area contributed by atoms with E-state index < -0.39 is 0 Å². The fraction of sp³-hybridized carbons (Fsp3) is 0.318. The lowest BCUT2D eigenvalue weighted by molar-refractivity contribution is 0.101. The highest BCUT2D eigenvalue weighted by Gasteiger charge is 2.27. The third kappa shape index (κ3) is 3.93. The number of unbranched alkanes of at least 4 members (excludes halogenated alkanes) is 2. The Morgan fingerprint density at radius 1 is 1.04 bits per heavy atom. The van der Waals surface area contributed by atoms with E-state index in [9.17, 15) is 4.79 Å². The van der Waals surface area contributed by atoms with Gasteiger partial charge in [0.15, 0.2) is 5.76 Å². The van der Waals surface area contributed by atoms with Gasteiger partial charge >= 0.3 is 0 Å². The number of aryl methyl sites for hydroxylation is 2. The number of fused-ring (bicyclic) bond motifs is 1. The molecule has 3 nitrogen and oxygen atoms in total. The molecule has 1 heterocycles. The van der Waals surface area contributed by atoms with Gasteiger partial charge in [0.25, 0.3) is 0 Å². The largest absolute Gasteiger partial charge is 0.494 e. The van der Waals surface area contributed by atoms with Crippen molar-refractivity contribution in [3.05, 3.63) is 64.4 Å². The number of allylic oxidation sites excluding steroid dienone is 1. The SMILES string of the molecule is CCCCCOc1ccc(/C=C2\Oc3cc(C)c(C)cc3C2=O)cc1. The van der Waals surface area contributed by atoms with Crippen molar-refractivity contribution in [1.29, 1.82) is 0 Å². The predicted octanol–water partition coefficient (Wildman–Crippen LogP) is 5.49. The summed E-state index contributed by atoms with van der Waals surface area (Å²) in [6.45, 7) is 6.94. The maximum atomic E-state index is 12.5. The highest BCUT2D eigenvalue weighted by Crippen LogP contribution is 2.34. The number of carbonyl (C=O) groups excluding carboxylic acids is 1. The van der Waals surface area contributed by atoms with Crippen molar-refractivity contribution >= 4 is 11.9 Å².